The first-order valence-corrected chi connectivity index (χ1v) is 5.54. The number of hydrogen-bond donors (Lipinski definition) is 1. The molecule has 18 heavy (non-hydrogen) atoms. The summed E-state index contributed by atoms with van der Waals surface area (Å²) in [5, 5.41) is 15.0. The van der Waals surface area contributed by atoms with E-state index in [2.05, 4.69) is 5.10 Å². The van der Waals surface area contributed by atoms with Gasteiger partial charge in [-0.15, -0.1) is 0 Å². The Morgan fingerprint density at radius 3 is 2.56 bits per heavy atom. The second-order valence-corrected chi connectivity index (χ2v) is 4.40. The molecule has 2 aromatic rings. The summed E-state index contributed by atoms with van der Waals surface area (Å²) in [5.74, 6) is 0.420. The quantitative estimate of drug-likeness (QED) is 0.669. The standard InChI is InChI=1S/C11H11ClN4O2/c1-6-3-10(16(17)18)8(12)4-9(6)15-5-7(2)11(13)14-15/h3-5H,1-2H3,(H2,13,14). The largest absolute Gasteiger partial charge is 0.382 e. The molecule has 0 atom stereocenters. The maximum Gasteiger partial charge on any atom is 0.288 e. The van der Waals surface area contributed by atoms with Gasteiger partial charge < -0.3 is 5.73 Å². The van der Waals surface area contributed by atoms with E-state index in [-0.39, 0.29) is 10.7 Å². The van der Waals surface area contributed by atoms with Crippen LogP contribution in [0.4, 0.5) is 11.5 Å². The van der Waals surface area contributed by atoms with Crippen molar-refractivity contribution < 1.29 is 4.92 Å². The Labute approximate surface area is 108 Å². The average Bonchev–Trinajstić information content (AvgIpc) is 2.61. The first-order chi connectivity index (χ1) is 8.40. The van der Waals surface area contributed by atoms with Crippen LogP contribution in [0.3, 0.4) is 0 Å². The van der Waals surface area contributed by atoms with Gasteiger partial charge in [-0.05, 0) is 25.5 Å². The van der Waals surface area contributed by atoms with Crippen molar-refractivity contribution >= 4 is 23.1 Å². The van der Waals surface area contributed by atoms with Crippen LogP contribution in [0.5, 0.6) is 0 Å². The molecule has 1 heterocycles. The monoisotopic (exact) mass is 266 g/mol. The van der Waals surface area contributed by atoms with E-state index in [0.717, 1.165) is 5.56 Å². The first kappa shape index (κ1) is 12.4. The van der Waals surface area contributed by atoms with Crippen molar-refractivity contribution in [2.45, 2.75) is 13.8 Å². The lowest BCUT2D eigenvalue weighted by Crippen LogP contribution is -2.00. The van der Waals surface area contributed by atoms with Gasteiger partial charge in [0.25, 0.3) is 5.69 Å². The number of aromatic nitrogens is 2. The zero-order valence-electron chi connectivity index (χ0n) is 9.85. The second kappa shape index (κ2) is 4.30. The molecule has 0 aliphatic rings. The Balaban J connectivity index is 2.59. The molecule has 1 aromatic heterocycles. The molecular formula is C11H11ClN4O2. The number of nitro benzene ring substituents is 1. The van der Waals surface area contributed by atoms with E-state index in [9.17, 15) is 10.1 Å². The molecule has 7 heteroatoms. The topological polar surface area (TPSA) is 87.0 Å². The predicted molar refractivity (Wildman–Crippen MR) is 69.1 cm³/mol. The van der Waals surface area contributed by atoms with Crippen LogP contribution in [0.1, 0.15) is 11.1 Å². The van der Waals surface area contributed by atoms with Crippen molar-refractivity contribution in [3.8, 4) is 5.69 Å². The summed E-state index contributed by atoms with van der Waals surface area (Å²) >= 11 is 5.88. The van der Waals surface area contributed by atoms with Gasteiger partial charge in [0.1, 0.15) is 10.8 Å². The number of nitrogen functional groups attached to an aromatic ring is 1. The minimum atomic E-state index is -0.512. The number of nitrogens with zero attached hydrogens (tertiary/aromatic N) is 3. The van der Waals surface area contributed by atoms with Gasteiger partial charge in [-0.2, -0.15) is 5.10 Å². The SMILES string of the molecule is Cc1cc([N+](=O)[O-])c(Cl)cc1-n1cc(C)c(N)n1. The molecular weight excluding hydrogens is 256 g/mol. The molecule has 6 nitrogen and oxygen atoms in total. The molecule has 2 rings (SSSR count). The number of anilines is 1. The molecule has 2 N–H and O–H groups in total. The summed E-state index contributed by atoms with van der Waals surface area (Å²) in [6, 6.07) is 2.94. The maximum absolute atomic E-state index is 10.8. The Morgan fingerprint density at radius 1 is 1.39 bits per heavy atom. The lowest BCUT2D eigenvalue weighted by atomic mass is 10.2. The van der Waals surface area contributed by atoms with Crippen molar-refractivity contribution in [1.29, 1.82) is 0 Å². The minimum Gasteiger partial charge on any atom is -0.382 e. The number of halogens is 1. The zero-order chi connectivity index (χ0) is 13.4. The summed E-state index contributed by atoms with van der Waals surface area (Å²) in [6.45, 7) is 3.59. The van der Waals surface area contributed by atoms with Gasteiger partial charge in [0.2, 0.25) is 0 Å². The van der Waals surface area contributed by atoms with E-state index in [1.807, 2.05) is 6.92 Å². The van der Waals surface area contributed by atoms with Gasteiger partial charge in [0.15, 0.2) is 0 Å². The first-order valence-electron chi connectivity index (χ1n) is 5.17. The van der Waals surface area contributed by atoms with Crippen molar-refractivity contribution in [3.63, 3.8) is 0 Å². The molecule has 0 saturated heterocycles. The molecule has 0 spiro atoms. The molecule has 0 unspecified atom stereocenters. The molecule has 0 amide bonds. The third-order valence-corrected chi connectivity index (χ3v) is 2.95. The summed E-state index contributed by atoms with van der Waals surface area (Å²) in [4.78, 5) is 10.2. The Morgan fingerprint density at radius 2 is 2.06 bits per heavy atom. The Bertz CT molecular complexity index is 617. The van der Waals surface area contributed by atoms with Gasteiger partial charge in [0.05, 0.1) is 10.6 Å². The normalized spacial score (nSPS) is 10.6. The number of hydrogen-bond acceptors (Lipinski definition) is 4. The van der Waals surface area contributed by atoms with Crippen LogP contribution in [0.15, 0.2) is 18.3 Å². The molecule has 1 aromatic carbocycles. The van der Waals surface area contributed by atoms with Crippen LogP contribution in [0.2, 0.25) is 5.02 Å². The van der Waals surface area contributed by atoms with Crippen molar-refractivity contribution in [1.82, 2.24) is 9.78 Å². The smallest absolute Gasteiger partial charge is 0.288 e. The highest BCUT2D eigenvalue weighted by Gasteiger charge is 2.16. The van der Waals surface area contributed by atoms with E-state index in [0.29, 0.717) is 17.1 Å². The summed E-state index contributed by atoms with van der Waals surface area (Å²) in [6.07, 6.45) is 1.75. The summed E-state index contributed by atoms with van der Waals surface area (Å²) in [5.41, 5.74) is 7.77. The maximum atomic E-state index is 10.8. The predicted octanol–water partition coefficient (Wildman–Crippen LogP) is 2.63. The highest BCUT2D eigenvalue weighted by Crippen LogP contribution is 2.29. The number of aryl methyl sites for hydroxylation is 2. The molecule has 0 fully saturated rings. The van der Waals surface area contributed by atoms with E-state index in [4.69, 9.17) is 17.3 Å². The van der Waals surface area contributed by atoms with Crippen molar-refractivity contribution in [2.24, 2.45) is 0 Å². The molecule has 0 bridgehead atoms. The number of benzene rings is 1. The molecule has 94 valence electrons. The van der Waals surface area contributed by atoms with Crippen molar-refractivity contribution in [2.75, 3.05) is 5.73 Å². The van der Waals surface area contributed by atoms with Gasteiger partial charge in [-0.3, -0.25) is 10.1 Å². The average molecular weight is 267 g/mol. The zero-order valence-corrected chi connectivity index (χ0v) is 10.6. The van der Waals surface area contributed by atoms with Crippen LogP contribution in [-0.2, 0) is 0 Å². The van der Waals surface area contributed by atoms with E-state index in [1.54, 1.807) is 17.8 Å². The Hall–Kier alpha value is -2.08. The van der Waals surface area contributed by atoms with E-state index < -0.39 is 4.92 Å². The number of rotatable bonds is 2. The third kappa shape index (κ3) is 2.02. The van der Waals surface area contributed by atoms with Crippen LogP contribution in [0, 0.1) is 24.0 Å². The van der Waals surface area contributed by atoms with Gasteiger partial charge in [-0.25, -0.2) is 4.68 Å². The van der Waals surface area contributed by atoms with Gasteiger partial charge in [0, 0.05) is 17.8 Å². The number of nitro groups is 1. The molecule has 0 radical (unpaired) electrons. The van der Waals surface area contributed by atoms with Gasteiger partial charge in [-0.1, -0.05) is 11.6 Å². The summed E-state index contributed by atoms with van der Waals surface area (Å²) < 4.78 is 1.57. The lowest BCUT2D eigenvalue weighted by Gasteiger charge is -2.06. The molecule has 0 aliphatic heterocycles. The van der Waals surface area contributed by atoms with E-state index >= 15 is 0 Å². The highest BCUT2D eigenvalue weighted by atomic mass is 35.5. The van der Waals surface area contributed by atoms with E-state index in [1.165, 1.54) is 12.1 Å². The van der Waals surface area contributed by atoms with Gasteiger partial charge >= 0.3 is 0 Å². The molecule has 0 aliphatic carbocycles. The Kier molecular flexibility index (Phi) is 2.96. The van der Waals surface area contributed by atoms with Crippen LogP contribution < -0.4 is 5.73 Å². The fraction of sp³-hybridized carbons (Fsp3) is 0.182. The third-order valence-electron chi connectivity index (χ3n) is 2.64. The summed E-state index contributed by atoms with van der Waals surface area (Å²) in [7, 11) is 0. The number of nitrogens with two attached hydrogens (primary N) is 1. The van der Waals surface area contributed by atoms with Crippen LogP contribution in [-0.4, -0.2) is 14.7 Å². The lowest BCUT2D eigenvalue weighted by molar-refractivity contribution is -0.384. The fourth-order valence-electron chi connectivity index (χ4n) is 1.64. The minimum absolute atomic E-state index is 0.0762. The fourth-order valence-corrected chi connectivity index (χ4v) is 1.87. The van der Waals surface area contributed by atoms with Crippen LogP contribution >= 0.6 is 11.6 Å². The molecule has 0 saturated carbocycles. The van der Waals surface area contributed by atoms with Crippen molar-refractivity contribution in [3.05, 3.63) is 44.6 Å². The second-order valence-electron chi connectivity index (χ2n) is 3.99. The van der Waals surface area contributed by atoms with Crippen LogP contribution in [0.25, 0.3) is 5.69 Å². The highest BCUT2D eigenvalue weighted by molar-refractivity contribution is 6.32.